The summed E-state index contributed by atoms with van der Waals surface area (Å²) in [5, 5.41) is 3.38. The molecule has 0 atom stereocenters. The van der Waals surface area contributed by atoms with Gasteiger partial charge in [-0.3, -0.25) is 4.79 Å². The van der Waals surface area contributed by atoms with Crippen molar-refractivity contribution in [2.24, 2.45) is 0 Å². The number of carbonyl (C=O) groups excluding carboxylic acids is 1. The van der Waals surface area contributed by atoms with Crippen LogP contribution in [0.5, 0.6) is 0 Å². The lowest BCUT2D eigenvalue weighted by Gasteiger charge is -2.23. The number of anilines is 1. The van der Waals surface area contributed by atoms with Gasteiger partial charge in [0.1, 0.15) is 0 Å². The summed E-state index contributed by atoms with van der Waals surface area (Å²) in [6.07, 6.45) is 0.460. The van der Waals surface area contributed by atoms with Gasteiger partial charge in [0.05, 0.1) is 6.42 Å². The van der Waals surface area contributed by atoms with Crippen molar-refractivity contribution >= 4 is 24.0 Å². The highest BCUT2D eigenvalue weighted by Gasteiger charge is 2.21. The zero-order valence-electron chi connectivity index (χ0n) is 13.6. The molecule has 1 aliphatic rings. The van der Waals surface area contributed by atoms with Crippen molar-refractivity contribution in [3.05, 3.63) is 64.7 Å². The number of rotatable bonds is 2. The molecule has 0 unspecified atom stereocenters. The Kier molecular flexibility index (Phi) is 5.80. The third-order valence-electron chi connectivity index (χ3n) is 4.26. The van der Waals surface area contributed by atoms with Crippen molar-refractivity contribution in [2.45, 2.75) is 26.8 Å². The maximum Gasteiger partial charge on any atom is 0.231 e. The van der Waals surface area contributed by atoms with E-state index in [1.54, 1.807) is 0 Å². The Labute approximate surface area is 144 Å². The number of nitrogens with one attached hydrogen (secondary N) is 1. The lowest BCUT2D eigenvalue weighted by Crippen LogP contribution is -2.35. The van der Waals surface area contributed by atoms with Crippen LogP contribution in [0, 0.1) is 13.8 Å². The van der Waals surface area contributed by atoms with Gasteiger partial charge in [-0.25, -0.2) is 0 Å². The van der Waals surface area contributed by atoms with Gasteiger partial charge < -0.3 is 10.2 Å². The topological polar surface area (TPSA) is 32.3 Å². The first-order valence-electron chi connectivity index (χ1n) is 7.80. The van der Waals surface area contributed by atoms with E-state index in [4.69, 9.17) is 0 Å². The molecule has 0 aromatic heterocycles. The molecule has 1 aliphatic heterocycles. The largest absolute Gasteiger partial charge is 0.311 e. The first-order valence-corrected chi connectivity index (χ1v) is 7.80. The molecule has 0 saturated heterocycles. The predicted molar refractivity (Wildman–Crippen MR) is 97.4 cm³/mol. The molecule has 3 nitrogen and oxygen atoms in total. The molecule has 2 aromatic rings. The van der Waals surface area contributed by atoms with Gasteiger partial charge in [-0.05, 0) is 36.6 Å². The standard InChI is InChI=1S/C19H22N2O.ClH/c1-14-7-8-15(2)17(11-14)12-19(22)21-10-9-20-13-16-5-3-4-6-18(16)21;/h3-8,11,20H,9-10,12-13H2,1-2H3;1H. The van der Waals surface area contributed by atoms with Gasteiger partial charge in [-0.15, -0.1) is 12.4 Å². The van der Waals surface area contributed by atoms with Gasteiger partial charge in [-0.1, -0.05) is 42.0 Å². The fourth-order valence-electron chi connectivity index (χ4n) is 2.97. The Morgan fingerprint density at radius 3 is 2.78 bits per heavy atom. The van der Waals surface area contributed by atoms with E-state index in [1.807, 2.05) is 23.1 Å². The average molecular weight is 331 g/mol. The first kappa shape index (κ1) is 17.5. The number of carbonyl (C=O) groups is 1. The smallest absolute Gasteiger partial charge is 0.231 e. The van der Waals surface area contributed by atoms with Crippen LogP contribution in [0.15, 0.2) is 42.5 Å². The van der Waals surface area contributed by atoms with Gasteiger partial charge in [0.25, 0.3) is 0 Å². The third kappa shape index (κ3) is 3.92. The van der Waals surface area contributed by atoms with Gasteiger partial charge in [0.2, 0.25) is 5.91 Å². The molecule has 4 heteroatoms. The van der Waals surface area contributed by atoms with E-state index < -0.39 is 0 Å². The highest BCUT2D eigenvalue weighted by molar-refractivity contribution is 5.95. The fourth-order valence-corrected chi connectivity index (χ4v) is 2.97. The van der Waals surface area contributed by atoms with Crippen LogP contribution in [0.4, 0.5) is 5.69 Å². The zero-order chi connectivity index (χ0) is 15.5. The van der Waals surface area contributed by atoms with Crippen LogP contribution >= 0.6 is 12.4 Å². The lowest BCUT2D eigenvalue weighted by molar-refractivity contribution is -0.118. The van der Waals surface area contributed by atoms with E-state index in [1.165, 1.54) is 16.7 Å². The Hall–Kier alpha value is -1.84. The minimum Gasteiger partial charge on any atom is -0.311 e. The number of nitrogens with zero attached hydrogens (tertiary/aromatic N) is 1. The van der Waals surface area contributed by atoms with Gasteiger partial charge >= 0.3 is 0 Å². The van der Waals surface area contributed by atoms with Crippen LogP contribution in [0.1, 0.15) is 22.3 Å². The number of aryl methyl sites for hydroxylation is 2. The van der Waals surface area contributed by atoms with Crippen LogP contribution in [0.25, 0.3) is 0 Å². The van der Waals surface area contributed by atoms with E-state index in [0.717, 1.165) is 30.9 Å². The summed E-state index contributed by atoms with van der Waals surface area (Å²) in [6.45, 7) is 6.51. The summed E-state index contributed by atoms with van der Waals surface area (Å²) in [6, 6.07) is 14.5. The third-order valence-corrected chi connectivity index (χ3v) is 4.26. The molecule has 0 aliphatic carbocycles. The van der Waals surface area contributed by atoms with Gasteiger partial charge in [0, 0.05) is 25.3 Å². The van der Waals surface area contributed by atoms with Crippen molar-refractivity contribution in [1.82, 2.24) is 5.32 Å². The highest BCUT2D eigenvalue weighted by Crippen LogP contribution is 2.23. The quantitative estimate of drug-likeness (QED) is 0.915. The number of fused-ring (bicyclic) bond motifs is 1. The van der Waals surface area contributed by atoms with Gasteiger partial charge in [-0.2, -0.15) is 0 Å². The summed E-state index contributed by atoms with van der Waals surface area (Å²) in [4.78, 5) is 14.8. The summed E-state index contributed by atoms with van der Waals surface area (Å²) in [7, 11) is 0. The van der Waals surface area contributed by atoms with Crippen molar-refractivity contribution < 1.29 is 4.79 Å². The minimum absolute atomic E-state index is 0. The maximum atomic E-state index is 12.8. The van der Waals surface area contributed by atoms with Crippen LogP contribution in [-0.4, -0.2) is 19.0 Å². The van der Waals surface area contributed by atoms with E-state index in [9.17, 15) is 4.79 Å². The number of hydrogen-bond donors (Lipinski definition) is 1. The number of benzene rings is 2. The molecule has 3 rings (SSSR count). The molecule has 2 aromatic carbocycles. The van der Waals surface area contributed by atoms with E-state index in [2.05, 4.69) is 43.4 Å². The fraction of sp³-hybridized carbons (Fsp3) is 0.316. The SMILES string of the molecule is Cc1ccc(C)c(CC(=O)N2CCNCc3ccccc32)c1.Cl. The monoisotopic (exact) mass is 330 g/mol. The Bertz CT molecular complexity index is 700. The molecular formula is C19H23ClN2O. The summed E-state index contributed by atoms with van der Waals surface area (Å²) >= 11 is 0. The number of amides is 1. The second-order valence-electron chi connectivity index (χ2n) is 5.96. The van der Waals surface area contributed by atoms with Gasteiger partial charge in [0.15, 0.2) is 0 Å². The number of halogens is 1. The number of para-hydroxylation sites is 1. The van der Waals surface area contributed by atoms with E-state index in [-0.39, 0.29) is 18.3 Å². The molecule has 1 heterocycles. The predicted octanol–water partition coefficient (Wildman–Crippen LogP) is 3.40. The molecule has 1 amide bonds. The van der Waals surface area contributed by atoms with E-state index in [0.29, 0.717) is 6.42 Å². The maximum absolute atomic E-state index is 12.8. The summed E-state index contributed by atoms with van der Waals surface area (Å²) in [5.41, 5.74) is 5.74. The Morgan fingerprint density at radius 1 is 1.17 bits per heavy atom. The van der Waals surface area contributed by atoms with Crippen molar-refractivity contribution in [1.29, 1.82) is 0 Å². The lowest BCUT2D eigenvalue weighted by atomic mass is 10.0. The van der Waals surface area contributed by atoms with Crippen molar-refractivity contribution in [3.63, 3.8) is 0 Å². The second kappa shape index (κ2) is 7.62. The highest BCUT2D eigenvalue weighted by atomic mass is 35.5. The average Bonchev–Trinajstić information content (AvgIpc) is 2.73. The number of hydrogen-bond acceptors (Lipinski definition) is 2. The van der Waals surface area contributed by atoms with Crippen LogP contribution in [0.2, 0.25) is 0 Å². The zero-order valence-corrected chi connectivity index (χ0v) is 14.5. The molecule has 23 heavy (non-hydrogen) atoms. The van der Waals surface area contributed by atoms with Crippen molar-refractivity contribution in [2.75, 3.05) is 18.0 Å². The molecule has 0 fully saturated rings. The van der Waals surface area contributed by atoms with Crippen molar-refractivity contribution in [3.8, 4) is 0 Å². The summed E-state index contributed by atoms with van der Waals surface area (Å²) in [5.74, 6) is 0.171. The molecule has 1 N–H and O–H groups in total. The molecule has 0 bridgehead atoms. The first-order chi connectivity index (χ1) is 10.6. The normalized spacial score (nSPS) is 13.7. The molecule has 122 valence electrons. The summed E-state index contributed by atoms with van der Waals surface area (Å²) < 4.78 is 0. The molecule has 0 saturated carbocycles. The van der Waals surface area contributed by atoms with Crippen LogP contribution in [-0.2, 0) is 17.8 Å². The molecular weight excluding hydrogens is 308 g/mol. The van der Waals surface area contributed by atoms with Crippen LogP contribution in [0.3, 0.4) is 0 Å². The van der Waals surface area contributed by atoms with Crippen LogP contribution < -0.4 is 10.2 Å². The second-order valence-corrected chi connectivity index (χ2v) is 5.96. The van der Waals surface area contributed by atoms with E-state index >= 15 is 0 Å². The minimum atomic E-state index is 0. The molecule has 0 spiro atoms. The Balaban J connectivity index is 0.00000192. The molecule has 0 radical (unpaired) electrons. The Morgan fingerprint density at radius 2 is 1.96 bits per heavy atom.